The number of rotatable bonds is 2. The number of nitrogens with zero attached hydrogens (tertiary/aromatic N) is 1. The summed E-state index contributed by atoms with van der Waals surface area (Å²) in [6.45, 7) is 10.9. The van der Waals surface area contributed by atoms with Crippen molar-refractivity contribution in [3.05, 3.63) is 0 Å². The molecule has 2 aliphatic heterocycles. The van der Waals surface area contributed by atoms with Gasteiger partial charge in [-0.25, -0.2) is 4.39 Å². The highest BCUT2D eigenvalue weighted by Crippen LogP contribution is 2.50. The minimum absolute atomic E-state index is 0.192. The highest BCUT2D eigenvalue weighted by Gasteiger charge is 2.54. The molecule has 2 heterocycles. The van der Waals surface area contributed by atoms with Gasteiger partial charge in [-0.1, -0.05) is 27.7 Å². The van der Waals surface area contributed by atoms with Crippen molar-refractivity contribution in [2.75, 3.05) is 13.1 Å². The van der Waals surface area contributed by atoms with Gasteiger partial charge < -0.3 is 0 Å². The fourth-order valence-corrected chi connectivity index (χ4v) is 3.96. The molecule has 2 rings (SSSR count). The maximum Gasteiger partial charge on any atom is 0.115 e. The van der Waals surface area contributed by atoms with E-state index in [0.717, 1.165) is 19.4 Å². The second-order valence-corrected chi connectivity index (χ2v) is 6.85. The second-order valence-electron chi connectivity index (χ2n) is 6.85. The molecule has 0 aromatic rings. The Morgan fingerprint density at radius 2 is 2.07 bits per heavy atom. The van der Waals surface area contributed by atoms with Crippen molar-refractivity contribution in [2.45, 2.75) is 58.7 Å². The lowest BCUT2D eigenvalue weighted by Gasteiger charge is -2.33. The summed E-state index contributed by atoms with van der Waals surface area (Å²) in [7, 11) is 0. The molecule has 2 heteroatoms. The molecule has 2 fully saturated rings. The van der Waals surface area contributed by atoms with E-state index in [4.69, 9.17) is 0 Å². The first-order chi connectivity index (χ1) is 6.83. The van der Waals surface area contributed by atoms with Crippen LogP contribution in [0.3, 0.4) is 0 Å². The molecule has 0 N–H and O–H groups in total. The normalized spacial score (nSPS) is 40.0. The van der Waals surface area contributed by atoms with Gasteiger partial charge in [0.15, 0.2) is 0 Å². The zero-order valence-corrected chi connectivity index (χ0v) is 10.5. The minimum atomic E-state index is -0.583. The molecule has 1 nitrogen and oxygen atoms in total. The lowest BCUT2D eigenvalue weighted by atomic mass is 9.78. The average molecular weight is 213 g/mol. The first-order valence-electron chi connectivity index (χ1n) is 6.22. The fourth-order valence-electron chi connectivity index (χ4n) is 3.96. The Hall–Kier alpha value is -0.110. The highest BCUT2D eigenvalue weighted by atomic mass is 19.1. The number of hydrogen-bond acceptors (Lipinski definition) is 1. The van der Waals surface area contributed by atoms with Crippen molar-refractivity contribution in [3.63, 3.8) is 0 Å². The van der Waals surface area contributed by atoms with Crippen LogP contribution in [0.15, 0.2) is 0 Å². The summed E-state index contributed by atoms with van der Waals surface area (Å²) in [5.74, 6) is 0.673. The number of hydrogen-bond donors (Lipinski definition) is 0. The standard InChI is InChI=1S/C13H24FN/c1-10(2)5-13-6-11(14)7-15(13)9-12(3,4)8-13/h10-11H,5-9H2,1-4H3/t11-,13-/m1/s1. The van der Waals surface area contributed by atoms with Crippen LogP contribution in [0.25, 0.3) is 0 Å². The van der Waals surface area contributed by atoms with Gasteiger partial charge in [0.1, 0.15) is 6.17 Å². The molecular formula is C13H24FN. The third-order valence-electron chi connectivity index (χ3n) is 3.91. The highest BCUT2D eigenvalue weighted by molar-refractivity contribution is 5.08. The van der Waals surface area contributed by atoms with Crippen LogP contribution in [0.5, 0.6) is 0 Å². The molecule has 0 aromatic heterocycles. The van der Waals surface area contributed by atoms with E-state index in [2.05, 4.69) is 32.6 Å². The van der Waals surface area contributed by atoms with Crippen molar-refractivity contribution in [3.8, 4) is 0 Å². The van der Waals surface area contributed by atoms with E-state index in [1.165, 1.54) is 6.42 Å². The van der Waals surface area contributed by atoms with Gasteiger partial charge in [-0.15, -0.1) is 0 Å². The number of fused-ring (bicyclic) bond motifs is 1. The Labute approximate surface area is 93.0 Å². The van der Waals surface area contributed by atoms with Crippen LogP contribution in [0.4, 0.5) is 4.39 Å². The molecule has 0 aromatic carbocycles. The van der Waals surface area contributed by atoms with E-state index < -0.39 is 6.17 Å². The van der Waals surface area contributed by atoms with Gasteiger partial charge in [0.2, 0.25) is 0 Å². The second kappa shape index (κ2) is 3.44. The van der Waals surface area contributed by atoms with Crippen LogP contribution in [0.1, 0.15) is 47.0 Å². The maximum absolute atomic E-state index is 13.6. The lowest BCUT2D eigenvalue weighted by Crippen LogP contribution is -2.39. The van der Waals surface area contributed by atoms with Crippen LogP contribution in [0, 0.1) is 11.3 Å². The van der Waals surface area contributed by atoms with E-state index in [0.29, 0.717) is 17.9 Å². The smallest absolute Gasteiger partial charge is 0.115 e. The van der Waals surface area contributed by atoms with Gasteiger partial charge in [-0.3, -0.25) is 4.90 Å². The van der Waals surface area contributed by atoms with Crippen LogP contribution in [-0.4, -0.2) is 29.7 Å². The van der Waals surface area contributed by atoms with Gasteiger partial charge in [0.05, 0.1) is 0 Å². The number of alkyl halides is 1. The average Bonchev–Trinajstić information content (AvgIpc) is 2.32. The van der Waals surface area contributed by atoms with Gasteiger partial charge in [0.25, 0.3) is 0 Å². The quantitative estimate of drug-likeness (QED) is 0.680. The van der Waals surface area contributed by atoms with Crippen LogP contribution >= 0.6 is 0 Å². The molecule has 0 saturated carbocycles. The molecule has 2 saturated heterocycles. The summed E-state index contributed by atoms with van der Waals surface area (Å²) >= 11 is 0. The zero-order valence-electron chi connectivity index (χ0n) is 10.5. The van der Waals surface area contributed by atoms with Gasteiger partial charge in [0, 0.05) is 18.6 Å². The Morgan fingerprint density at radius 3 is 2.67 bits per heavy atom. The van der Waals surface area contributed by atoms with Crippen LogP contribution in [-0.2, 0) is 0 Å². The first-order valence-corrected chi connectivity index (χ1v) is 6.22. The third-order valence-corrected chi connectivity index (χ3v) is 3.91. The van der Waals surface area contributed by atoms with Gasteiger partial charge in [-0.2, -0.15) is 0 Å². The first kappa shape index (κ1) is 11.4. The third kappa shape index (κ3) is 2.06. The maximum atomic E-state index is 13.6. The van der Waals surface area contributed by atoms with Crippen molar-refractivity contribution < 1.29 is 4.39 Å². The molecule has 2 aliphatic rings. The Balaban J connectivity index is 2.18. The van der Waals surface area contributed by atoms with Crippen molar-refractivity contribution >= 4 is 0 Å². The Morgan fingerprint density at radius 1 is 1.40 bits per heavy atom. The summed E-state index contributed by atoms with van der Waals surface area (Å²) < 4.78 is 13.6. The predicted octanol–water partition coefficient (Wildman–Crippen LogP) is 3.25. The molecule has 0 unspecified atom stereocenters. The topological polar surface area (TPSA) is 3.24 Å². The minimum Gasteiger partial charge on any atom is -0.294 e. The summed E-state index contributed by atoms with van der Waals surface area (Å²) in [4.78, 5) is 2.43. The molecule has 2 atom stereocenters. The zero-order chi connectivity index (χ0) is 11.3. The van der Waals surface area contributed by atoms with Gasteiger partial charge in [-0.05, 0) is 30.6 Å². The van der Waals surface area contributed by atoms with E-state index in [-0.39, 0.29) is 5.54 Å². The molecule has 0 radical (unpaired) electrons. The Kier molecular flexibility index (Phi) is 2.61. The molecular weight excluding hydrogens is 189 g/mol. The molecule has 88 valence electrons. The van der Waals surface area contributed by atoms with E-state index in [1.54, 1.807) is 0 Å². The van der Waals surface area contributed by atoms with Crippen molar-refractivity contribution in [1.82, 2.24) is 4.90 Å². The molecule has 0 amide bonds. The molecule has 15 heavy (non-hydrogen) atoms. The fraction of sp³-hybridized carbons (Fsp3) is 1.00. The van der Waals surface area contributed by atoms with E-state index in [9.17, 15) is 4.39 Å². The summed E-state index contributed by atoms with van der Waals surface area (Å²) in [6.07, 6.45) is 2.53. The number of halogens is 1. The predicted molar refractivity (Wildman–Crippen MR) is 61.7 cm³/mol. The van der Waals surface area contributed by atoms with E-state index in [1.807, 2.05) is 0 Å². The summed E-state index contributed by atoms with van der Waals surface area (Å²) in [6, 6.07) is 0. The van der Waals surface area contributed by atoms with Crippen LogP contribution in [0.2, 0.25) is 0 Å². The van der Waals surface area contributed by atoms with Crippen LogP contribution < -0.4 is 0 Å². The lowest BCUT2D eigenvalue weighted by molar-refractivity contribution is 0.163. The monoisotopic (exact) mass is 213 g/mol. The molecule has 0 bridgehead atoms. The van der Waals surface area contributed by atoms with Crippen molar-refractivity contribution in [1.29, 1.82) is 0 Å². The SMILES string of the molecule is CC(C)C[C@]12C[C@@H](F)CN1CC(C)(C)C2. The Bertz CT molecular complexity index is 249. The molecule has 0 spiro atoms. The largest absolute Gasteiger partial charge is 0.294 e. The van der Waals surface area contributed by atoms with E-state index >= 15 is 0 Å². The van der Waals surface area contributed by atoms with Gasteiger partial charge >= 0.3 is 0 Å². The van der Waals surface area contributed by atoms with Crippen molar-refractivity contribution in [2.24, 2.45) is 11.3 Å². The molecule has 0 aliphatic carbocycles. The summed E-state index contributed by atoms with van der Waals surface area (Å²) in [5, 5.41) is 0. The summed E-state index contributed by atoms with van der Waals surface area (Å²) in [5.41, 5.74) is 0.576.